The number of hydrogen-bond donors (Lipinski definition) is 0. The van der Waals surface area contributed by atoms with Crippen molar-refractivity contribution < 1.29 is 0 Å². The molecule has 1 heteroatoms. The van der Waals surface area contributed by atoms with Gasteiger partial charge in [-0.05, 0) is 30.5 Å². The summed E-state index contributed by atoms with van der Waals surface area (Å²) in [5.41, 5.74) is 0. The summed E-state index contributed by atoms with van der Waals surface area (Å²) >= 11 is 4.94. The second-order valence-corrected chi connectivity index (χ2v) is 3.33. The van der Waals surface area contributed by atoms with Gasteiger partial charge in [-0.1, -0.05) is 32.5 Å². The van der Waals surface area contributed by atoms with Crippen LogP contribution in [0.25, 0.3) is 0 Å². The van der Waals surface area contributed by atoms with Crippen molar-refractivity contribution in [1.82, 2.24) is 0 Å². The van der Waals surface area contributed by atoms with E-state index in [0.717, 1.165) is 23.6 Å². The number of thiocarbonyl (C=S) groups is 1. The van der Waals surface area contributed by atoms with Crippen LogP contribution in [0.2, 0.25) is 0 Å². The minimum Gasteiger partial charge on any atom is -0.0900 e. The maximum Gasteiger partial charge on any atom is -0.0102 e. The van der Waals surface area contributed by atoms with Crippen LogP contribution in [0, 0.1) is 12.8 Å². The lowest BCUT2D eigenvalue weighted by Gasteiger charge is -2.05. The minimum atomic E-state index is 0.739. The van der Waals surface area contributed by atoms with Crippen molar-refractivity contribution in [1.29, 1.82) is 0 Å². The molecule has 0 heterocycles. The fraction of sp³-hybridized carbons (Fsp3) is 0.750. The van der Waals surface area contributed by atoms with E-state index in [9.17, 15) is 0 Å². The van der Waals surface area contributed by atoms with Gasteiger partial charge in [-0.2, -0.15) is 0 Å². The Morgan fingerprint density at radius 3 is 2.56 bits per heavy atom. The Morgan fingerprint density at radius 1 is 1.67 bits per heavy atom. The molecule has 0 bridgehead atoms. The summed E-state index contributed by atoms with van der Waals surface area (Å²) in [5, 5.41) is 0. The van der Waals surface area contributed by atoms with Crippen molar-refractivity contribution in [2.24, 2.45) is 5.92 Å². The monoisotopic (exact) mass is 143 g/mol. The highest BCUT2D eigenvalue weighted by Gasteiger charge is 1.97. The number of hydrogen-bond acceptors (Lipinski definition) is 1. The van der Waals surface area contributed by atoms with Gasteiger partial charge in [-0.25, -0.2) is 0 Å². The summed E-state index contributed by atoms with van der Waals surface area (Å²) in [6.07, 6.45) is 3.33. The molecule has 0 rings (SSSR count). The van der Waals surface area contributed by atoms with Crippen LogP contribution in [0.15, 0.2) is 0 Å². The Hall–Kier alpha value is 0.0900. The van der Waals surface area contributed by atoms with Crippen molar-refractivity contribution in [3.05, 3.63) is 6.92 Å². The molecule has 0 aromatic carbocycles. The first-order valence-electron chi connectivity index (χ1n) is 3.45. The molecule has 0 aliphatic carbocycles. The van der Waals surface area contributed by atoms with Crippen molar-refractivity contribution >= 4 is 17.1 Å². The Bertz CT molecular complexity index is 86.6. The largest absolute Gasteiger partial charge is 0.0900 e. The van der Waals surface area contributed by atoms with Gasteiger partial charge in [-0.3, -0.25) is 0 Å². The van der Waals surface area contributed by atoms with Crippen molar-refractivity contribution in [2.45, 2.75) is 33.1 Å². The van der Waals surface area contributed by atoms with Crippen molar-refractivity contribution in [3.8, 4) is 0 Å². The normalized spacial score (nSPS) is 13.2. The minimum absolute atomic E-state index is 0.739. The fourth-order valence-corrected chi connectivity index (χ4v) is 0.712. The Labute approximate surface area is 63.7 Å². The molecule has 0 aromatic rings. The van der Waals surface area contributed by atoms with E-state index in [4.69, 9.17) is 12.2 Å². The molecule has 0 amide bonds. The first-order valence-corrected chi connectivity index (χ1v) is 3.86. The predicted octanol–water partition coefficient (Wildman–Crippen LogP) is 3.02. The molecule has 0 N–H and O–H groups in total. The fourth-order valence-electron chi connectivity index (χ4n) is 0.594. The van der Waals surface area contributed by atoms with E-state index in [0.29, 0.717) is 0 Å². The van der Waals surface area contributed by atoms with Crippen LogP contribution in [0.4, 0.5) is 0 Å². The van der Waals surface area contributed by atoms with E-state index in [1.54, 1.807) is 0 Å². The lowest BCUT2D eigenvalue weighted by molar-refractivity contribution is 0.553. The van der Waals surface area contributed by atoms with Crippen LogP contribution < -0.4 is 0 Å². The molecule has 1 atom stereocenters. The third kappa shape index (κ3) is 5.97. The van der Waals surface area contributed by atoms with Crippen molar-refractivity contribution in [3.63, 3.8) is 0 Å². The van der Waals surface area contributed by atoms with Gasteiger partial charge in [0, 0.05) is 0 Å². The Morgan fingerprint density at radius 2 is 2.22 bits per heavy atom. The van der Waals surface area contributed by atoms with Gasteiger partial charge >= 0.3 is 0 Å². The SMILES string of the molecule is [CH2]CC(C)CCC(C)=S. The molecule has 9 heavy (non-hydrogen) atoms. The third-order valence-corrected chi connectivity index (χ3v) is 1.69. The first kappa shape index (κ1) is 9.09. The molecule has 0 saturated carbocycles. The molecule has 0 aromatic heterocycles. The van der Waals surface area contributed by atoms with Crippen LogP contribution in [0.1, 0.15) is 33.1 Å². The standard InChI is InChI=1S/C8H15S/c1-4-7(2)5-6-8(3)9/h7H,1,4-6H2,2-3H3. The van der Waals surface area contributed by atoms with E-state index >= 15 is 0 Å². The molecule has 0 fully saturated rings. The maximum absolute atomic E-state index is 4.94. The highest BCUT2D eigenvalue weighted by atomic mass is 32.1. The van der Waals surface area contributed by atoms with E-state index in [1.165, 1.54) is 6.42 Å². The van der Waals surface area contributed by atoms with E-state index in [2.05, 4.69) is 13.8 Å². The van der Waals surface area contributed by atoms with Gasteiger partial charge in [0.1, 0.15) is 0 Å². The third-order valence-electron chi connectivity index (χ3n) is 1.48. The maximum atomic E-state index is 4.94. The molecule has 53 valence electrons. The quantitative estimate of drug-likeness (QED) is 0.545. The van der Waals surface area contributed by atoms with Gasteiger partial charge in [0.05, 0.1) is 0 Å². The lowest BCUT2D eigenvalue weighted by Crippen LogP contribution is -1.95. The molecule has 0 aliphatic heterocycles. The highest BCUT2D eigenvalue weighted by molar-refractivity contribution is 7.80. The zero-order valence-corrected chi connectivity index (χ0v) is 7.13. The van der Waals surface area contributed by atoms with E-state index in [1.807, 2.05) is 6.92 Å². The molecule has 0 saturated heterocycles. The van der Waals surface area contributed by atoms with Crippen LogP contribution in [-0.4, -0.2) is 4.86 Å². The zero-order valence-electron chi connectivity index (χ0n) is 6.31. The van der Waals surface area contributed by atoms with E-state index in [-0.39, 0.29) is 0 Å². The summed E-state index contributed by atoms with van der Waals surface area (Å²) in [7, 11) is 0. The van der Waals surface area contributed by atoms with Gasteiger partial charge < -0.3 is 0 Å². The molecule has 1 unspecified atom stereocenters. The summed E-state index contributed by atoms with van der Waals surface area (Å²) < 4.78 is 0. The molecular weight excluding hydrogens is 128 g/mol. The van der Waals surface area contributed by atoms with Gasteiger partial charge in [0.15, 0.2) is 0 Å². The second-order valence-electron chi connectivity index (χ2n) is 2.63. The first-order chi connectivity index (χ1) is 4.16. The highest BCUT2D eigenvalue weighted by Crippen LogP contribution is 2.09. The van der Waals surface area contributed by atoms with Crippen LogP contribution >= 0.6 is 12.2 Å². The second kappa shape index (κ2) is 4.92. The average molecular weight is 143 g/mol. The van der Waals surface area contributed by atoms with Gasteiger partial charge in [-0.15, -0.1) is 0 Å². The number of rotatable bonds is 4. The van der Waals surface area contributed by atoms with Gasteiger partial charge in [0.2, 0.25) is 0 Å². The van der Waals surface area contributed by atoms with Crippen LogP contribution in [-0.2, 0) is 0 Å². The molecule has 0 nitrogen and oxygen atoms in total. The zero-order chi connectivity index (χ0) is 7.28. The van der Waals surface area contributed by atoms with Gasteiger partial charge in [0.25, 0.3) is 0 Å². The molecule has 0 spiro atoms. The summed E-state index contributed by atoms with van der Waals surface area (Å²) in [6.45, 7) is 8.04. The summed E-state index contributed by atoms with van der Waals surface area (Å²) in [5.74, 6) is 0.739. The lowest BCUT2D eigenvalue weighted by atomic mass is 10.0. The van der Waals surface area contributed by atoms with Crippen LogP contribution in [0.3, 0.4) is 0 Å². The molecular formula is C8H15S. The summed E-state index contributed by atoms with van der Waals surface area (Å²) in [4.78, 5) is 1.12. The molecule has 1 radical (unpaired) electrons. The smallest absolute Gasteiger partial charge is 0.0102 e. The predicted molar refractivity (Wildman–Crippen MR) is 46.6 cm³/mol. The van der Waals surface area contributed by atoms with Crippen LogP contribution in [0.5, 0.6) is 0 Å². The Kier molecular flexibility index (Phi) is 4.97. The summed E-state index contributed by atoms with van der Waals surface area (Å²) in [6, 6.07) is 0. The topological polar surface area (TPSA) is 0 Å². The molecule has 0 aliphatic rings. The Balaban J connectivity index is 3.16. The van der Waals surface area contributed by atoms with Crippen molar-refractivity contribution in [2.75, 3.05) is 0 Å². The average Bonchev–Trinajstić information content (AvgIpc) is 1.83. The van der Waals surface area contributed by atoms with E-state index < -0.39 is 0 Å².